The molecule has 5 nitrogen and oxygen atoms in total. The first kappa shape index (κ1) is 29.6. The zero-order valence-corrected chi connectivity index (χ0v) is 34.8. The summed E-state index contributed by atoms with van der Waals surface area (Å²) in [6, 6.07) is 38.0. The molecule has 0 radical (unpaired) electrons. The maximum Gasteiger partial charge on any atom is 0.136 e. The molecule has 0 bridgehead atoms. The van der Waals surface area contributed by atoms with E-state index in [-0.39, 0.29) is 54.4 Å². The molecular formula is C51H45N4OPt-3. The number of pyridine rings is 1. The van der Waals surface area contributed by atoms with E-state index in [0.29, 0.717) is 17.0 Å². The first-order valence-electron chi connectivity index (χ1n) is 22.6. The van der Waals surface area contributed by atoms with E-state index in [1.54, 1.807) is 0 Å². The Hall–Kier alpha value is -5.64. The van der Waals surface area contributed by atoms with E-state index < -0.39 is 37.1 Å². The molecule has 8 aromatic rings. The van der Waals surface area contributed by atoms with E-state index in [9.17, 15) is 0 Å². The van der Waals surface area contributed by atoms with Gasteiger partial charge < -0.3 is 19.1 Å². The molecule has 0 amide bonds. The fourth-order valence-electron chi connectivity index (χ4n) is 7.21. The number of aryl methyl sites for hydroxylation is 1. The number of hydrogen-bond acceptors (Lipinski definition) is 4. The number of anilines is 4. The molecule has 288 valence electrons. The van der Waals surface area contributed by atoms with Crippen LogP contribution < -0.4 is 14.5 Å². The Morgan fingerprint density at radius 3 is 2.11 bits per heavy atom. The zero-order valence-electron chi connectivity index (χ0n) is 40.5. The average Bonchev–Trinajstić information content (AvgIpc) is 3.80. The quantitative estimate of drug-likeness (QED) is 0.156. The summed E-state index contributed by atoms with van der Waals surface area (Å²) in [4.78, 5) is 8.95. The minimum absolute atomic E-state index is 0. The summed E-state index contributed by atoms with van der Waals surface area (Å²) < 4.78 is 75.5. The molecule has 0 fully saturated rings. The maximum atomic E-state index is 8.71. The largest absolute Gasteiger partial charge is 0.509 e. The number of aromatic nitrogens is 2. The third kappa shape index (κ3) is 7.15. The smallest absolute Gasteiger partial charge is 0.136 e. The molecule has 0 saturated carbocycles. The van der Waals surface area contributed by atoms with Crippen molar-refractivity contribution in [1.29, 1.82) is 0 Å². The van der Waals surface area contributed by atoms with Gasteiger partial charge in [0.25, 0.3) is 0 Å². The van der Waals surface area contributed by atoms with Gasteiger partial charge in [0.1, 0.15) is 5.82 Å². The fraction of sp³-hybridized carbons (Fsp3) is 0.176. The second kappa shape index (κ2) is 14.7. The number of hydrogen-bond donors (Lipinski definition) is 0. The molecule has 0 atom stereocenters. The van der Waals surface area contributed by atoms with Crippen molar-refractivity contribution < 1.29 is 36.8 Å². The first-order chi connectivity index (χ1) is 30.2. The van der Waals surface area contributed by atoms with Gasteiger partial charge in [0.15, 0.2) is 0 Å². The van der Waals surface area contributed by atoms with Gasteiger partial charge >= 0.3 is 0 Å². The second-order valence-electron chi connectivity index (χ2n) is 16.1. The van der Waals surface area contributed by atoms with Crippen LogP contribution in [0.5, 0.6) is 11.5 Å². The predicted octanol–water partition coefficient (Wildman–Crippen LogP) is 13.5. The molecule has 3 heterocycles. The van der Waals surface area contributed by atoms with E-state index >= 15 is 0 Å². The van der Waals surface area contributed by atoms with Gasteiger partial charge in [-0.1, -0.05) is 114 Å². The van der Waals surface area contributed by atoms with Crippen molar-refractivity contribution >= 4 is 44.6 Å². The van der Waals surface area contributed by atoms with Crippen LogP contribution in [0.4, 0.5) is 22.7 Å². The molecule has 0 aliphatic carbocycles. The molecule has 6 aromatic carbocycles. The average molecular weight is 933 g/mol. The first-order valence-corrected chi connectivity index (χ1v) is 18.6. The summed E-state index contributed by atoms with van der Waals surface area (Å²) in [6.07, 6.45) is 1.19. The van der Waals surface area contributed by atoms with Crippen LogP contribution in [0, 0.1) is 25.7 Å². The predicted molar refractivity (Wildman–Crippen MR) is 232 cm³/mol. The zero-order chi connectivity index (χ0) is 45.6. The van der Waals surface area contributed by atoms with Crippen molar-refractivity contribution in [3.05, 3.63) is 175 Å². The van der Waals surface area contributed by atoms with Crippen LogP contribution in [0.3, 0.4) is 0 Å². The number of nitrogens with zero attached hydrogens (tertiary/aromatic N) is 4. The van der Waals surface area contributed by atoms with Gasteiger partial charge in [-0.15, -0.1) is 48.1 Å². The molecule has 0 unspecified atom stereocenters. The van der Waals surface area contributed by atoms with Gasteiger partial charge in [0.2, 0.25) is 0 Å². The Labute approximate surface area is 362 Å². The summed E-state index contributed by atoms with van der Waals surface area (Å²) >= 11 is 0. The Morgan fingerprint density at radius 1 is 0.702 bits per heavy atom. The minimum atomic E-state index is -2.71. The van der Waals surface area contributed by atoms with Crippen molar-refractivity contribution in [3.63, 3.8) is 0 Å². The monoisotopic (exact) mass is 932 g/mol. The van der Waals surface area contributed by atoms with Crippen LogP contribution >= 0.6 is 0 Å². The van der Waals surface area contributed by atoms with Crippen molar-refractivity contribution in [3.8, 4) is 28.4 Å². The summed E-state index contributed by atoms with van der Waals surface area (Å²) in [6.45, 7) is 12.8. The SMILES string of the molecule is [2H]c1c([2H])c([2H])c(-c2cc(-n3c4[c-]c(Oc5[c-]c(N6[CH-]N(c7cc(C(C)(C)C)cc(C(C)(C)C)c7)c7ccccc76)ccc5)ccc4c4ccccc43)ncc2C([2H])([2H])[2H])c([2H])c1[2H].[Pt]. The van der Waals surface area contributed by atoms with E-state index in [0.717, 1.165) is 39.0 Å². The molecule has 57 heavy (non-hydrogen) atoms. The van der Waals surface area contributed by atoms with Crippen LogP contribution in [0.2, 0.25) is 0 Å². The Morgan fingerprint density at radius 2 is 1.39 bits per heavy atom. The molecule has 1 aliphatic rings. The van der Waals surface area contributed by atoms with Crippen LogP contribution in [-0.4, -0.2) is 9.55 Å². The number of rotatable bonds is 6. The van der Waals surface area contributed by atoms with Crippen molar-refractivity contribution in [1.82, 2.24) is 9.55 Å². The molecule has 6 heteroatoms. The third-order valence-electron chi connectivity index (χ3n) is 10.2. The topological polar surface area (TPSA) is 33.5 Å². The van der Waals surface area contributed by atoms with Gasteiger partial charge in [-0.3, -0.25) is 0 Å². The maximum absolute atomic E-state index is 8.71. The second-order valence-corrected chi connectivity index (χ2v) is 16.1. The van der Waals surface area contributed by atoms with E-state index in [1.165, 1.54) is 23.4 Å². The van der Waals surface area contributed by atoms with E-state index in [2.05, 4.69) is 105 Å². The summed E-state index contributed by atoms with van der Waals surface area (Å²) in [5.41, 5.74) is 7.07. The number of ether oxygens (including phenoxy) is 1. The molecule has 1 aliphatic heterocycles. The number of fused-ring (bicyclic) bond motifs is 4. The molecule has 0 N–H and O–H groups in total. The molecule has 9 rings (SSSR count). The Kier molecular flexibility index (Phi) is 7.63. The van der Waals surface area contributed by atoms with Crippen LogP contribution in [0.1, 0.15) is 69.2 Å². The van der Waals surface area contributed by atoms with Crippen LogP contribution in [0.15, 0.2) is 140 Å². The van der Waals surface area contributed by atoms with Crippen molar-refractivity contribution in [2.75, 3.05) is 9.80 Å². The molecular weight excluding hydrogens is 880 g/mol. The standard InChI is InChI=1S/C51H45N4O.Pt/c1-34-32-52-49(31-44(34)35-16-9-8-10-17-35)55-45-21-12-11-20-42(45)43-25-24-41(30-48(43)55)56-40-19-15-18-38(29-40)53-33-54(47-23-14-13-22-46(47)53)39-27-36(50(2,3)4)26-37(28-39)51(5,6)7;/h8-28,31-33H,1-7H3;/q-3;/i1D3,8D,9D,10D,16D,17D;. The Bertz CT molecular complexity index is 3110. The van der Waals surface area contributed by atoms with Gasteiger partial charge in [0.05, 0.1) is 6.85 Å². The fourth-order valence-corrected chi connectivity index (χ4v) is 7.21. The van der Waals surface area contributed by atoms with Gasteiger partial charge in [-0.05, 0) is 87.3 Å². The number of para-hydroxylation sites is 3. The van der Waals surface area contributed by atoms with Gasteiger partial charge in [-0.25, -0.2) is 4.98 Å². The summed E-state index contributed by atoms with van der Waals surface area (Å²) in [7, 11) is 0. The van der Waals surface area contributed by atoms with E-state index in [1.807, 2.05) is 71.3 Å². The number of benzene rings is 6. The molecule has 0 saturated heterocycles. The Balaban J connectivity index is 0.00000576. The van der Waals surface area contributed by atoms with Crippen LogP contribution in [0.25, 0.3) is 38.8 Å². The summed E-state index contributed by atoms with van der Waals surface area (Å²) in [5.74, 6) is 1.10. The third-order valence-corrected chi connectivity index (χ3v) is 10.2. The van der Waals surface area contributed by atoms with Gasteiger partial charge in [0, 0.05) is 65.5 Å². The van der Waals surface area contributed by atoms with Crippen molar-refractivity contribution in [2.45, 2.75) is 59.2 Å². The van der Waals surface area contributed by atoms with E-state index in [4.69, 9.17) is 15.7 Å². The van der Waals surface area contributed by atoms with Gasteiger partial charge in [-0.2, -0.15) is 12.1 Å². The normalized spacial score (nSPS) is 15.1. The van der Waals surface area contributed by atoms with Crippen molar-refractivity contribution in [2.24, 2.45) is 0 Å². The molecule has 2 aromatic heterocycles. The van der Waals surface area contributed by atoms with Crippen LogP contribution in [-0.2, 0) is 31.9 Å². The minimum Gasteiger partial charge on any atom is -0.509 e. The molecule has 0 spiro atoms. The summed E-state index contributed by atoms with van der Waals surface area (Å²) in [5, 5.41) is 1.69.